The lowest BCUT2D eigenvalue weighted by atomic mass is 9.79. The Bertz CT molecular complexity index is 1870. The van der Waals surface area contributed by atoms with Gasteiger partial charge in [-0.3, -0.25) is 19.2 Å². The molecule has 4 amide bonds. The predicted molar refractivity (Wildman–Crippen MR) is 202 cm³/mol. The van der Waals surface area contributed by atoms with Gasteiger partial charge in [0.2, 0.25) is 11.8 Å². The summed E-state index contributed by atoms with van der Waals surface area (Å²) in [6.07, 6.45) is 2.40. The molecule has 3 heterocycles. The highest BCUT2D eigenvalue weighted by Crippen LogP contribution is 2.38. The number of carbonyl (C=O) groups excluding carboxylic acids is 4. The van der Waals surface area contributed by atoms with Crippen LogP contribution in [0.15, 0.2) is 72.8 Å². The lowest BCUT2D eigenvalue weighted by Crippen LogP contribution is -2.53. The Morgan fingerprint density at radius 2 is 1.62 bits per heavy atom. The Morgan fingerprint density at radius 3 is 2.29 bits per heavy atom. The lowest BCUT2D eigenvalue weighted by Gasteiger charge is -2.39. The second kappa shape index (κ2) is 17.3. The van der Waals surface area contributed by atoms with Crippen molar-refractivity contribution in [1.29, 1.82) is 0 Å². The molecule has 3 unspecified atom stereocenters. The molecule has 2 saturated heterocycles. The molecule has 4 aromatic rings. The van der Waals surface area contributed by atoms with Gasteiger partial charge in [-0.15, -0.1) is 0 Å². The van der Waals surface area contributed by atoms with Crippen molar-refractivity contribution in [2.45, 2.75) is 46.6 Å². The van der Waals surface area contributed by atoms with Gasteiger partial charge in [0.1, 0.15) is 5.69 Å². The molecular weight excluding hydrogens is 658 g/mol. The summed E-state index contributed by atoms with van der Waals surface area (Å²) in [7, 11) is 3.04. The number of hydrogen-bond acceptors (Lipinski definition) is 6. The Balaban J connectivity index is 0.000000507. The molecule has 3 aromatic carbocycles. The van der Waals surface area contributed by atoms with Gasteiger partial charge in [-0.25, -0.2) is 0 Å². The van der Waals surface area contributed by atoms with Gasteiger partial charge in [-0.1, -0.05) is 55.3 Å². The number of piperidine rings is 1. The summed E-state index contributed by atoms with van der Waals surface area (Å²) in [4.78, 5) is 59.3. The maximum absolute atomic E-state index is 13.7. The quantitative estimate of drug-likeness (QED) is 0.207. The van der Waals surface area contributed by atoms with Crippen molar-refractivity contribution in [3.8, 4) is 11.5 Å². The highest BCUT2D eigenvalue weighted by molar-refractivity contribution is 5.99. The van der Waals surface area contributed by atoms with Crippen LogP contribution in [0.1, 0.15) is 59.2 Å². The van der Waals surface area contributed by atoms with Crippen molar-refractivity contribution in [1.82, 2.24) is 25.4 Å². The minimum Gasteiger partial charge on any atom is -0.493 e. The normalized spacial score (nSPS) is 17.9. The van der Waals surface area contributed by atoms with Gasteiger partial charge in [0.25, 0.3) is 11.8 Å². The standard InChI is InChI=1S/C32H39N5O6.C9H12/c1-18(2)43-27-9-7-20(12-28(27)42-5)31(40)36-14-22-15-37(17-24(23(22)16-36)30(39)34-13-29(38)33-4)32(41)26-11-21-10-19(3)6-8-25(21)35-26;1-2-6-9-7-4-3-5-8-9/h6-12,18,22-24,35H,13-17H2,1-5H3,(H,33,38)(H,34,39);3-5,7-8H,2,6H2,1H3. The Kier molecular flexibility index (Phi) is 12.6. The maximum atomic E-state index is 13.7. The number of H-pyrrole nitrogens is 1. The first-order valence-corrected chi connectivity index (χ1v) is 18.1. The number of methoxy groups -OCH3 is 1. The van der Waals surface area contributed by atoms with Crippen LogP contribution in [0.4, 0.5) is 0 Å². The highest BCUT2D eigenvalue weighted by Gasteiger charge is 2.48. The minimum absolute atomic E-state index is 0.0530. The number of rotatable bonds is 10. The first-order valence-electron chi connectivity index (χ1n) is 18.1. The van der Waals surface area contributed by atoms with E-state index in [2.05, 4.69) is 52.9 Å². The number of likely N-dealkylation sites (tertiary alicyclic amines) is 2. The molecule has 11 heteroatoms. The number of aromatic nitrogens is 1. The summed E-state index contributed by atoms with van der Waals surface area (Å²) in [5, 5.41) is 6.17. The monoisotopic (exact) mass is 709 g/mol. The number of fused-ring (bicyclic) bond motifs is 2. The zero-order valence-corrected chi connectivity index (χ0v) is 31.0. The van der Waals surface area contributed by atoms with Crippen LogP contribution in [0, 0.1) is 24.7 Å². The first kappa shape index (κ1) is 37.9. The Labute approximate surface area is 306 Å². The summed E-state index contributed by atoms with van der Waals surface area (Å²) >= 11 is 0. The molecule has 0 saturated carbocycles. The van der Waals surface area contributed by atoms with E-state index in [4.69, 9.17) is 9.47 Å². The van der Waals surface area contributed by atoms with Gasteiger partial charge >= 0.3 is 0 Å². The molecule has 0 aliphatic carbocycles. The molecule has 2 fully saturated rings. The number of aryl methyl sites for hydroxylation is 2. The van der Waals surface area contributed by atoms with E-state index in [0.717, 1.165) is 16.5 Å². The van der Waals surface area contributed by atoms with Crippen molar-refractivity contribution in [2.24, 2.45) is 17.8 Å². The summed E-state index contributed by atoms with van der Waals surface area (Å²) in [5.41, 5.74) is 4.30. The molecule has 0 bridgehead atoms. The van der Waals surface area contributed by atoms with Crippen molar-refractivity contribution in [3.05, 3.63) is 95.2 Å². The third-order valence-electron chi connectivity index (χ3n) is 9.66. The molecule has 276 valence electrons. The molecule has 2 aliphatic heterocycles. The van der Waals surface area contributed by atoms with Crippen LogP contribution < -0.4 is 20.1 Å². The summed E-state index contributed by atoms with van der Waals surface area (Å²) in [5.74, 6) is -0.871. The van der Waals surface area contributed by atoms with Gasteiger partial charge < -0.3 is 34.9 Å². The van der Waals surface area contributed by atoms with Gasteiger partial charge in [-0.2, -0.15) is 0 Å². The third kappa shape index (κ3) is 9.12. The minimum atomic E-state index is -0.590. The number of amides is 4. The van der Waals surface area contributed by atoms with Crippen LogP contribution >= 0.6 is 0 Å². The molecule has 11 nitrogen and oxygen atoms in total. The maximum Gasteiger partial charge on any atom is 0.270 e. The molecule has 0 radical (unpaired) electrons. The van der Waals surface area contributed by atoms with E-state index in [-0.39, 0.29) is 54.7 Å². The van der Waals surface area contributed by atoms with E-state index in [1.165, 1.54) is 32.6 Å². The number of aromatic amines is 1. The van der Waals surface area contributed by atoms with E-state index in [0.29, 0.717) is 42.4 Å². The molecule has 1 aromatic heterocycles. The van der Waals surface area contributed by atoms with E-state index in [9.17, 15) is 19.2 Å². The van der Waals surface area contributed by atoms with Crippen molar-refractivity contribution in [3.63, 3.8) is 0 Å². The number of nitrogens with zero attached hydrogens (tertiary/aromatic N) is 2. The smallest absolute Gasteiger partial charge is 0.270 e. The fourth-order valence-electron chi connectivity index (χ4n) is 7.08. The van der Waals surface area contributed by atoms with Gasteiger partial charge in [0, 0.05) is 49.7 Å². The Morgan fingerprint density at radius 1 is 0.885 bits per heavy atom. The molecule has 6 rings (SSSR count). The van der Waals surface area contributed by atoms with Crippen LogP contribution in [0.3, 0.4) is 0 Å². The largest absolute Gasteiger partial charge is 0.493 e. The molecular formula is C41H51N5O6. The first-order chi connectivity index (χ1) is 25.0. The van der Waals surface area contributed by atoms with E-state index < -0.39 is 5.92 Å². The molecule has 52 heavy (non-hydrogen) atoms. The number of carbonyl (C=O) groups is 4. The average molecular weight is 710 g/mol. The third-order valence-corrected chi connectivity index (χ3v) is 9.66. The van der Waals surface area contributed by atoms with Gasteiger partial charge in [0.05, 0.1) is 25.7 Å². The van der Waals surface area contributed by atoms with Crippen molar-refractivity contribution >= 4 is 34.5 Å². The fourth-order valence-corrected chi connectivity index (χ4v) is 7.08. The van der Waals surface area contributed by atoms with E-state index >= 15 is 0 Å². The van der Waals surface area contributed by atoms with Crippen molar-refractivity contribution < 1.29 is 28.7 Å². The number of benzene rings is 3. The SMILES string of the molecule is CCCc1ccccc1.CNC(=O)CNC(=O)C1CN(C(=O)c2cc3cc(C)ccc3[nH]2)CC2CN(C(=O)c3ccc(OC(C)C)c(OC)c3)CC21. The molecule has 2 aliphatic rings. The van der Waals surface area contributed by atoms with Crippen LogP contribution in [0.2, 0.25) is 0 Å². The van der Waals surface area contributed by atoms with E-state index in [1.807, 2.05) is 45.0 Å². The second-order valence-electron chi connectivity index (χ2n) is 13.9. The highest BCUT2D eigenvalue weighted by atomic mass is 16.5. The van der Waals surface area contributed by atoms with Crippen LogP contribution in [-0.2, 0) is 16.0 Å². The Hall–Kier alpha value is -5.32. The zero-order chi connectivity index (χ0) is 37.4. The summed E-state index contributed by atoms with van der Waals surface area (Å²) < 4.78 is 11.3. The summed E-state index contributed by atoms with van der Waals surface area (Å²) in [6, 6.07) is 23.5. The number of hydrogen-bond donors (Lipinski definition) is 3. The van der Waals surface area contributed by atoms with Crippen LogP contribution in [0.5, 0.6) is 11.5 Å². The predicted octanol–water partition coefficient (Wildman–Crippen LogP) is 5.23. The molecule has 3 atom stereocenters. The van der Waals surface area contributed by atoms with Gasteiger partial charge in [-0.05, 0) is 81.0 Å². The fraction of sp³-hybridized carbons (Fsp3) is 0.415. The second-order valence-corrected chi connectivity index (χ2v) is 13.9. The number of likely N-dealkylation sites (N-methyl/N-ethyl adjacent to an activating group) is 1. The van der Waals surface area contributed by atoms with Crippen LogP contribution in [0.25, 0.3) is 10.9 Å². The van der Waals surface area contributed by atoms with E-state index in [1.54, 1.807) is 28.0 Å². The topological polar surface area (TPSA) is 133 Å². The van der Waals surface area contributed by atoms with Crippen molar-refractivity contribution in [2.75, 3.05) is 46.9 Å². The lowest BCUT2D eigenvalue weighted by molar-refractivity contribution is -0.131. The number of ether oxygens (including phenoxy) is 2. The molecule has 0 spiro atoms. The average Bonchev–Trinajstić information content (AvgIpc) is 3.78. The molecule has 3 N–H and O–H groups in total. The van der Waals surface area contributed by atoms with Gasteiger partial charge in [0.15, 0.2) is 11.5 Å². The zero-order valence-electron chi connectivity index (χ0n) is 31.0. The van der Waals surface area contributed by atoms with Crippen LogP contribution in [-0.4, -0.2) is 91.4 Å². The number of nitrogens with one attached hydrogen (secondary N) is 3. The summed E-state index contributed by atoms with van der Waals surface area (Å²) in [6.45, 7) is 9.22.